The van der Waals surface area contributed by atoms with Crippen LogP contribution in [-0.4, -0.2) is 36.1 Å². The number of hydrogen-bond acceptors (Lipinski definition) is 5. The Balaban J connectivity index is 2.08. The molecule has 1 aromatic heterocycles. The number of anilines is 1. The van der Waals surface area contributed by atoms with Gasteiger partial charge >= 0.3 is 5.97 Å². The molecule has 2 rings (SSSR count). The van der Waals surface area contributed by atoms with Crippen molar-refractivity contribution in [1.29, 1.82) is 0 Å². The van der Waals surface area contributed by atoms with Gasteiger partial charge in [0.1, 0.15) is 5.82 Å². The summed E-state index contributed by atoms with van der Waals surface area (Å²) in [6, 6.07) is 0. The van der Waals surface area contributed by atoms with Gasteiger partial charge in [-0.05, 0) is 24.7 Å². The van der Waals surface area contributed by atoms with Gasteiger partial charge in [0.05, 0.1) is 19.5 Å². The normalized spacial score (nSPS) is 18.8. The largest absolute Gasteiger partial charge is 0.464 e. The molecule has 0 N–H and O–H groups in total. The fourth-order valence-electron chi connectivity index (χ4n) is 2.35. The highest BCUT2D eigenvalue weighted by Gasteiger charge is 2.23. The number of hydrogen-bond donors (Lipinski definition) is 0. The van der Waals surface area contributed by atoms with Gasteiger partial charge in [-0.2, -0.15) is 0 Å². The molecule has 0 saturated carbocycles. The monoisotopic (exact) mass is 263 g/mol. The summed E-state index contributed by atoms with van der Waals surface area (Å²) >= 11 is 0. The molecule has 1 fully saturated rings. The molecule has 5 heteroatoms. The van der Waals surface area contributed by atoms with E-state index < -0.39 is 5.97 Å². The zero-order chi connectivity index (χ0) is 13.9. The topological polar surface area (TPSA) is 55.3 Å². The number of rotatable bonds is 2. The summed E-state index contributed by atoms with van der Waals surface area (Å²) < 4.78 is 4.61. The van der Waals surface area contributed by atoms with E-state index in [0.717, 1.165) is 31.7 Å². The van der Waals surface area contributed by atoms with E-state index in [1.165, 1.54) is 19.7 Å². The molecular formula is C14H21N3O2. The molecule has 0 unspecified atom stereocenters. The summed E-state index contributed by atoms with van der Waals surface area (Å²) in [6.07, 6.45) is 6.68. The molecule has 2 heterocycles. The Morgan fingerprint density at radius 1 is 1.26 bits per heavy atom. The summed E-state index contributed by atoms with van der Waals surface area (Å²) in [5, 5.41) is 0. The van der Waals surface area contributed by atoms with Crippen molar-refractivity contribution in [2.75, 3.05) is 25.1 Å². The summed E-state index contributed by atoms with van der Waals surface area (Å²) in [6.45, 7) is 6.60. The van der Waals surface area contributed by atoms with E-state index in [2.05, 4.69) is 33.5 Å². The van der Waals surface area contributed by atoms with Crippen molar-refractivity contribution < 1.29 is 9.53 Å². The van der Waals surface area contributed by atoms with E-state index in [1.807, 2.05) is 0 Å². The van der Waals surface area contributed by atoms with Gasteiger partial charge in [-0.15, -0.1) is 0 Å². The smallest absolute Gasteiger partial charge is 0.358 e. The van der Waals surface area contributed by atoms with Gasteiger partial charge in [0.2, 0.25) is 0 Å². The number of methoxy groups -OCH3 is 1. The van der Waals surface area contributed by atoms with E-state index in [-0.39, 0.29) is 5.69 Å². The Bertz CT molecular complexity index is 443. The molecule has 0 radical (unpaired) electrons. The second kappa shape index (κ2) is 5.55. The van der Waals surface area contributed by atoms with Gasteiger partial charge in [0, 0.05) is 13.1 Å². The van der Waals surface area contributed by atoms with Crippen molar-refractivity contribution in [3.63, 3.8) is 0 Å². The zero-order valence-corrected chi connectivity index (χ0v) is 11.8. The van der Waals surface area contributed by atoms with Crippen LogP contribution >= 0.6 is 0 Å². The standard InChI is InChI=1S/C14H21N3O2/c1-14(2)5-4-7-17(8-6-14)12-10-15-11(9-16-12)13(18)19-3/h9-10H,4-8H2,1-3H3. The quantitative estimate of drug-likeness (QED) is 0.766. The summed E-state index contributed by atoms with van der Waals surface area (Å²) in [4.78, 5) is 22.0. The highest BCUT2D eigenvalue weighted by atomic mass is 16.5. The third-order valence-corrected chi connectivity index (χ3v) is 3.70. The predicted molar refractivity (Wildman–Crippen MR) is 73.2 cm³/mol. The first-order valence-corrected chi connectivity index (χ1v) is 6.67. The molecule has 1 aromatic rings. The summed E-state index contributed by atoms with van der Waals surface area (Å²) in [5.74, 6) is 0.390. The maximum absolute atomic E-state index is 11.3. The molecule has 0 aromatic carbocycles. The van der Waals surface area contributed by atoms with Gasteiger partial charge in [-0.25, -0.2) is 14.8 Å². The lowest BCUT2D eigenvalue weighted by atomic mass is 9.85. The minimum atomic E-state index is -0.448. The van der Waals surface area contributed by atoms with Crippen molar-refractivity contribution in [2.24, 2.45) is 5.41 Å². The van der Waals surface area contributed by atoms with Crippen LogP contribution in [0.25, 0.3) is 0 Å². The Morgan fingerprint density at radius 2 is 2.05 bits per heavy atom. The third-order valence-electron chi connectivity index (χ3n) is 3.70. The molecule has 5 nitrogen and oxygen atoms in total. The van der Waals surface area contributed by atoms with Crippen LogP contribution in [0.5, 0.6) is 0 Å². The van der Waals surface area contributed by atoms with Crippen LogP contribution in [0.3, 0.4) is 0 Å². The first kappa shape index (κ1) is 13.8. The Labute approximate surface area is 114 Å². The van der Waals surface area contributed by atoms with Crippen LogP contribution in [0.15, 0.2) is 12.4 Å². The van der Waals surface area contributed by atoms with E-state index in [0.29, 0.717) is 5.41 Å². The molecule has 104 valence electrons. The predicted octanol–water partition coefficient (Wildman–Crippen LogP) is 2.28. The average molecular weight is 263 g/mol. The van der Waals surface area contributed by atoms with Crippen molar-refractivity contribution in [3.05, 3.63) is 18.1 Å². The van der Waals surface area contributed by atoms with E-state index in [4.69, 9.17) is 0 Å². The fourth-order valence-corrected chi connectivity index (χ4v) is 2.35. The Hall–Kier alpha value is -1.65. The maximum atomic E-state index is 11.3. The van der Waals surface area contributed by atoms with Crippen LogP contribution in [0.4, 0.5) is 5.82 Å². The van der Waals surface area contributed by atoms with Gasteiger partial charge in [-0.3, -0.25) is 0 Å². The van der Waals surface area contributed by atoms with Crippen LogP contribution < -0.4 is 4.90 Å². The van der Waals surface area contributed by atoms with E-state index in [9.17, 15) is 4.79 Å². The number of carbonyl (C=O) groups excluding carboxylic acids is 1. The number of ether oxygens (including phenoxy) is 1. The third kappa shape index (κ3) is 3.43. The van der Waals surface area contributed by atoms with Crippen molar-refractivity contribution in [1.82, 2.24) is 9.97 Å². The second-order valence-electron chi connectivity index (χ2n) is 5.76. The highest BCUT2D eigenvalue weighted by Crippen LogP contribution is 2.30. The Morgan fingerprint density at radius 3 is 2.68 bits per heavy atom. The Kier molecular flexibility index (Phi) is 4.02. The maximum Gasteiger partial charge on any atom is 0.358 e. The van der Waals surface area contributed by atoms with Gasteiger partial charge < -0.3 is 9.64 Å². The summed E-state index contributed by atoms with van der Waals surface area (Å²) in [5.41, 5.74) is 0.648. The van der Waals surface area contributed by atoms with E-state index >= 15 is 0 Å². The molecule has 1 aliphatic rings. The first-order valence-electron chi connectivity index (χ1n) is 6.67. The molecule has 0 bridgehead atoms. The number of carbonyl (C=O) groups is 1. The van der Waals surface area contributed by atoms with Crippen molar-refractivity contribution in [2.45, 2.75) is 33.1 Å². The molecule has 0 aliphatic carbocycles. The lowest BCUT2D eigenvalue weighted by molar-refractivity contribution is 0.0593. The van der Waals surface area contributed by atoms with Crippen LogP contribution in [0.1, 0.15) is 43.6 Å². The molecule has 0 atom stereocenters. The molecule has 0 amide bonds. The minimum Gasteiger partial charge on any atom is -0.464 e. The zero-order valence-electron chi connectivity index (χ0n) is 11.8. The van der Waals surface area contributed by atoms with Gasteiger partial charge in [0.25, 0.3) is 0 Å². The van der Waals surface area contributed by atoms with Crippen LogP contribution in [0.2, 0.25) is 0 Å². The van der Waals surface area contributed by atoms with Gasteiger partial charge in [0.15, 0.2) is 5.69 Å². The molecule has 1 saturated heterocycles. The van der Waals surface area contributed by atoms with Crippen molar-refractivity contribution in [3.8, 4) is 0 Å². The molecule has 19 heavy (non-hydrogen) atoms. The van der Waals surface area contributed by atoms with Crippen molar-refractivity contribution >= 4 is 11.8 Å². The number of esters is 1. The number of nitrogens with zero attached hydrogens (tertiary/aromatic N) is 3. The first-order chi connectivity index (χ1) is 9.02. The highest BCUT2D eigenvalue weighted by molar-refractivity contribution is 5.86. The average Bonchev–Trinajstić information content (AvgIpc) is 2.59. The lowest BCUT2D eigenvalue weighted by Gasteiger charge is -2.23. The van der Waals surface area contributed by atoms with Gasteiger partial charge in [-0.1, -0.05) is 13.8 Å². The summed E-state index contributed by atoms with van der Waals surface area (Å²) in [7, 11) is 1.34. The van der Waals surface area contributed by atoms with E-state index in [1.54, 1.807) is 6.20 Å². The van der Waals surface area contributed by atoms with Crippen LogP contribution in [-0.2, 0) is 4.74 Å². The fraction of sp³-hybridized carbons (Fsp3) is 0.643. The lowest BCUT2D eigenvalue weighted by Crippen LogP contribution is -2.26. The number of aromatic nitrogens is 2. The SMILES string of the molecule is COC(=O)c1cnc(N2CCCC(C)(C)CC2)cn1. The molecule has 1 aliphatic heterocycles. The molecular weight excluding hydrogens is 242 g/mol. The van der Waals surface area contributed by atoms with Crippen LogP contribution in [0, 0.1) is 5.41 Å². The minimum absolute atomic E-state index is 0.251. The second-order valence-corrected chi connectivity index (χ2v) is 5.76. The molecule has 0 spiro atoms.